The van der Waals surface area contributed by atoms with Crippen LogP contribution in [0.5, 0.6) is 5.75 Å². The molecule has 0 heterocycles. The Kier molecular flexibility index (Phi) is 6.43. The van der Waals surface area contributed by atoms with Crippen LogP contribution in [-0.2, 0) is 4.79 Å². The van der Waals surface area contributed by atoms with Gasteiger partial charge in [-0.2, -0.15) is 0 Å². The summed E-state index contributed by atoms with van der Waals surface area (Å²) in [6.07, 6.45) is 2.62. The molecule has 0 radical (unpaired) electrons. The third-order valence-corrected chi connectivity index (χ3v) is 3.09. The Hall–Kier alpha value is -1.81. The van der Waals surface area contributed by atoms with E-state index in [0.717, 1.165) is 11.3 Å². The van der Waals surface area contributed by atoms with Gasteiger partial charge < -0.3 is 15.2 Å². The van der Waals surface area contributed by atoms with Crippen LogP contribution in [0.4, 0.5) is 0 Å². The number of hydrogen-bond donors (Lipinski definition) is 2. The van der Waals surface area contributed by atoms with Crippen LogP contribution < -0.4 is 10.1 Å². The normalized spacial score (nSPS) is 13.2. The molecule has 0 fully saturated rings. The fourth-order valence-electron chi connectivity index (χ4n) is 1.58. The smallest absolute Gasteiger partial charge is 0.244 e. The van der Waals surface area contributed by atoms with E-state index in [1.807, 2.05) is 52.0 Å². The van der Waals surface area contributed by atoms with E-state index in [2.05, 4.69) is 5.32 Å². The molecule has 0 spiro atoms. The van der Waals surface area contributed by atoms with E-state index in [4.69, 9.17) is 4.74 Å². The third-order valence-electron chi connectivity index (χ3n) is 3.09. The van der Waals surface area contributed by atoms with Crippen molar-refractivity contribution in [1.82, 2.24) is 5.32 Å². The van der Waals surface area contributed by atoms with Gasteiger partial charge in [-0.25, -0.2) is 0 Å². The number of carbonyl (C=O) groups is 1. The molecule has 1 amide bonds. The number of ether oxygens (including phenoxy) is 1. The summed E-state index contributed by atoms with van der Waals surface area (Å²) in [6, 6.07) is 7.51. The van der Waals surface area contributed by atoms with E-state index in [9.17, 15) is 9.90 Å². The fourth-order valence-corrected chi connectivity index (χ4v) is 1.58. The molecule has 0 bridgehead atoms. The highest BCUT2D eigenvalue weighted by atomic mass is 16.5. The number of benzene rings is 1. The number of rotatable bonds is 6. The first-order valence-corrected chi connectivity index (χ1v) is 7.19. The molecule has 0 aromatic heterocycles. The first kappa shape index (κ1) is 17.2. The van der Waals surface area contributed by atoms with Crippen molar-refractivity contribution in [2.75, 3.05) is 13.2 Å². The molecule has 0 saturated heterocycles. The Bertz CT molecular complexity index is 472. The van der Waals surface area contributed by atoms with Gasteiger partial charge in [0.15, 0.2) is 0 Å². The number of hydrogen-bond acceptors (Lipinski definition) is 3. The summed E-state index contributed by atoms with van der Waals surface area (Å²) in [7, 11) is 0. The Morgan fingerprint density at radius 3 is 2.48 bits per heavy atom. The molecular formula is C17H25NO3. The molecule has 0 aliphatic heterocycles. The second-order valence-electron chi connectivity index (χ2n) is 5.96. The predicted octanol–water partition coefficient (Wildman–Crippen LogP) is 2.62. The maximum atomic E-state index is 11.7. The highest BCUT2D eigenvalue weighted by Crippen LogP contribution is 2.18. The highest BCUT2D eigenvalue weighted by molar-refractivity contribution is 5.91. The van der Waals surface area contributed by atoms with E-state index in [-0.39, 0.29) is 17.9 Å². The van der Waals surface area contributed by atoms with E-state index in [1.165, 1.54) is 6.08 Å². The molecule has 116 valence electrons. The van der Waals surface area contributed by atoms with Gasteiger partial charge in [0.2, 0.25) is 5.91 Å². The molecule has 4 nitrogen and oxygen atoms in total. The summed E-state index contributed by atoms with van der Waals surface area (Å²) in [5.41, 5.74) is 0.677. The fraction of sp³-hybridized carbons (Fsp3) is 0.471. The SMILES string of the molecule is CCOc1ccc(/C=C/C(=O)NCC(O)C(C)(C)C)cc1. The van der Waals surface area contributed by atoms with Gasteiger partial charge in [-0.15, -0.1) is 0 Å². The zero-order valence-electron chi connectivity index (χ0n) is 13.2. The van der Waals surface area contributed by atoms with E-state index < -0.39 is 6.10 Å². The van der Waals surface area contributed by atoms with E-state index in [1.54, 1.807) is 6.08 Å². The van der Waals surface area contributed by atoms with Crippen molar-refractivity contribution in [1.29, 1.82) is 0 Å². The molecule has 21 heavy (non-hydrogen) atoms. The summed E-state index contributed by atoms with van der Waals surface area (Å²) < 4.78 is 5.35. The van der Waals surface area contributed by atoms with Crippen LogP contribution in [0.25, 0.3) is 6.08 Å². The standard InChI is InChI=1S/C17H25NO3/c1-5-21-14-9-6-13(7-10-14)8-11-16(20)18-12-15(19)17(2,3)4/h6-11,15,19H,5,12H2,1-4H3,(H,18,20)/b11-8+. The number of nitrogens with one attached hydrogen (secondary N) is 1. The average molecular weight is 291 g/mol. The summed E-state index contributed by atoms with van der Waals surface area (Å²) in [5.74, 6) is 0.597. The summed E-state index contributed by atoms with van der Waals surface area (Å²) in [6.45, 7) is 8.60. The summed E-state index contributed by atoms with van der Waals surface area (Å²) in [4.78, 5) is 11.7. The quantitative estimate of drug-likeness (QED) is 0.792. The maximum Gasteiger partial charge on any atom is 0.244 e. The van der Waals surface area contributed by atoms with Gasteiger partial charge in [-0.05, 0) is 36.1 Å². The van der Waals surface area contributed by atoms with Crippen LogP contribution in [0.1, 0.15) is 33.3 Å². The zero-order chi connectivity index (χ0) is 15.9. The highest BCUT2D eigenvalue weighted by Gasteiger charge is 2.21. The zero-order valence-corrected chi connectivity index (χ0v) is 13.2. The van der Waals surface area contributed by atoms with Gasteiger partial charge in [-0.1, -0.05) is 32.9 Å². The second kappa shape index (κ2) is 7.84. The van der Waals surface area contributed by atoms with Crippen molar-refractivity contribution in [3.05, 3.63) is 35.9 Å². The maximum absolute atomic E-state index is 11.7. The first-order chi connectivity index (χ1) is 9.82. The lowest BCUT2D eigenvalue weighted by molar-refractivity contribution is -0.117. The Balaban J connectivity index is 2.47. The number of aliphatic hydroxyl groups excluding tert-OH is 1. The molecule has 1 unspecified atom stereocenters. The second-order valence-corrected chi connectivity index (χ2v) is 5.96. The van der Waals surface area contributed by atoms with Gasteiger partial charge in [0.1, 0.15) is 5.75 Å². The first-order valence-electron chi connectivity index (χ1n) is 7.19. The minimum atomic E-state index is -0.569. The Morgan fingerprint density at radius 2 is 1.95 bits per heavy atom. The lowest BCUT2D eigenvalue weighted by Crippen LogP contribution is -2.38. The van der Waals surface area contributed by atoms with Gasteiger partial charge in [0.05, 0.1) is 12.7 Å². The van der Waals surface area contributed by atoms with E-state index >= 15 is 0 Å². The third kappa shape index (κ3) is 6.45. The predicted molar refractivity (Wildman–Crippen MR) is 85.1 cm³/mol. The lowest BCUT2D eigenvalue weighted by atomic mass is 9.89. The molecule has 2 N–H and O–H groups in total. The topological polar surface area (TPSA) is 58.6 Å². The van der Waals surface area contributed by atoms with Crippen molar-refractivity contribution in [2.45, 2.75) is 33.8 Å². The van der Waals surface area contributed by atoms with Crippen molar-refractivity contribution in [3.63, 3.8) is 0 Å². The summed E-state index contributed by atoms with van der Waals surface area (Å²) in [5, 5.41) is 12.5. The number of carbonyl (C=O) groups excluding carboxylic acids is 1. The molecule has 1 aromatic rings. The van der Waals surface area contributed by atoms with Crippen LogP contribution in [0, 0.1) is 5.41 Å². The Morgan fingerprint density at radius 1 is 1.33 bits per heavy atom. The van der Waals surface area contributed by atoms with Crippen LogP contribution in [0.3, 0.4) is 0 Å². The minimum Gasteiger partial charge on any atom is -0.494 e. The number of aliphatic hydroxyl groups is 1. The molecular weight excluding hydrogens is 266 g/mol. The summed E-state index contributed by atoms with van der Waals surface area (Å²) >= 11 is 0. The van der Waals surface area contributed by atoms with Crippen molar-refractivity contribution in [3.8, 4) is 5.75 Å². The molecule has 0 aliphatic carbocycles. The Labute approximate surface area is 126 Å². The van der Waals surface area contributed by atoms with Gasteiger partial charge in [-0.3, -0.25) is 4.79 Å². The molecule has 0 aliphatic rings. The van der Waals surface area contributed by atoms with Gasteiger partial charge >= 0.3 is 0 Å². The minimum absolute atomic E-state index is 0.216. The monoisotopic (exact) mass is 291 g/mol. The number of amides is 1. The molecule has 1 aromatic carbocycles. The average Bonchev–Trinajstić information content (AvgIpc) is 2.43. The van der Waals surface area contributed by atoms with Crippen LogP contribution in [0.2, 0.25) is 0 Å². The van der Waals surface area contributed by atoms with Gasteiger partial charge in [0, 0.05) is 12.6 Å². The van der Waals surface area contributed by atoms with Crippen molar-refractivity contribution in [2.24, 2.45) is 5.41 Å². The largest absolute Gasteiger partial charge is 0.494 e. The lowest BCUT2D eigenvalue weighted by Gasteiger charge is -2.25. The molecule has 0 saturated carbocycles. The van der Waals surface area contributed by atoms with Crippen LogP contribution >= 0.6 is 0 Å². The molecule has 1 atom stereocenters. The van der Waals surface area contributed by atoms with Crippen LogP contribution in [0.15, 0.2) is 30.3 Å². The van der Waals surface area contributed by atoms with Crippen molar-refractivity contribution < 1.29 is 14.6 Å². The van der Waals surface area contributed by atoms with Crippen molar-refractivity contribution >= 4 is 12.0 Å². The van der Waals surface area contributed by atoms with Gasteiger partial charge in [0.25, 0.3) is 0 Å². The molecule has 1 rings (SSSR count). The molecule has 4 heteroatoms. The van der Waals surface area contributed by atoms with E-state index in [0.29, 0.717) is 6.61 Å². The van der Waals surface area contributed by atoms with Crippen LogP contribution in [-0.4, -0.2) is 30.3 Å².